The zero-order valence-electron chi connectivity index (χ0n) is 14.6. The Labute approximate surface area is 142 Å². The summed E-state index contributed by atoms with van der Waals surface area (Å²) < 4.78 is 2.16. The van der Waals surface area contributed by atoms with Crippen LogP contribution in [-0.2, 0) is 6.54 Å². The fourth-order valence-electron chi connectivity index (χ4n) is 3.16. The molecule has 0 bridgehead atoms. The molecule has 0 aliphatic heterocycles. The number of nitrogens with one attached hydrogen (secondary N) is 1. The van der Waals surface area contributed by atoms with E-state index in [0.717, 1.165) is 34.5 Å². The quantitative estimate of drug-likeness (QED) is 0.784. The van der Waals surface area contributed by atoms with Gasteiger partial charge in [0.2, 0.25) is 0 Å². The Morgan fingerprint density at radius 2 is 1.96 bits per heavy atom. The van der Waals surface area contributed by atoms with Gasteiger partial charge in [0.1, 0.15) is 5.82 Å². The van der Waals surface area contributed by atoms with Gasteiger partial charge in [-0.3, -0.25) is 4.79 Å². The number of carbonyl (C=O) groups excluding carboxylic acids is 1. The lowest BCUT2D eigenvalue weighted by Gasteiger charge is -2.16. The molecule has 4 nitrogen and oxygen atoms in total. The molecule has 3 rings (SSSR count). The number of aryl methyl sites for hydroxylation is 3. The Balaban J connectivity index is 1.89. The summed E-state index contributed by atoms with van der Waals surface area (Å²) in [4.78, 5) is 17.3. The molecule has 1 heterocycles. The Bertz CT molecular complexity index is 895. The van der Waals surface area contributed by atoms with Crippen molar-refractivity contribution in [1.82, 2.24) is 14.9 Å². The minimum absolute atomic E-state index is 0.0605. The molecule has 4 heteroatoms. The van der Waals surface area contributed by atoms with Crippen molar-refractivity contribution in [1.29, 1.82) is 0 Å². The lowest BCUT2D eigenvalue weighted by molar-refractivity contribution is 0.0937. The number of rotatable bonds is 4. The topological polar surface area (TPSA) is 46.9 Å². The Morgan fingerprint density at radius 1 is 1.21 bits per heavy atom. The van der Waals surface area contributed by atoms with E-state index in [2.05, 4.69) is 22.9 Å². The molecule has 0 fully saturated rings. The first-order chi connectivity index (χ1) is 11.5. The van der Waals surface area contributed by atoms with E-state index in [1.165, 1.54) is 0 Å². The van der Waals surface area contributed by atoms with Gasteiger partial charge in [-0.2, -0.15) is 0 Å². The van der Waals surface area contributed by atoms with Gasteiger partial charge in [0.15, 0.2) is 0 Å². The maximum absolute atomic E-state index is 12.6. The highest BCUT2D eigenvalue weighted by molar-refractivity contribution is 5.96. The summed E-state index contributed by atoms with van der Waals surface area (Å²) in [6.07, 6.45) is 0. The van der Waals surface area contributed by atoms with Crippen LogP contribution in [0.2, 0.25) is 0 Å². The number of amides is 1. The van der Waals surface area contributed by atoms with E-state index >= 15 is 0 Å². The van der Waals surface area contributed by atoms with Gasteiger partial charge in [-0.25, -0.2) is 4.98 Å². The molecule has 0 aliphatic carbocycles. The molecular weight excluding hydrogens is 298 g/mol. The minimum Gasteiger partial charge on any atom is -0.342 e. The molecule has 0 radical (unpaired) electrons. The summed E-state index contributed by atoms with van der Waals surface area (Å²) in [6.45, 7) is 8.89. The molecule has 1 N–H and O–H groups in total. The van der Waals surface area contributed by atoms with Crippen LogP contribution in [0.3, 0.4) is 0 Å². The average molecular weight is 321 g/mol. The lowest BCUT2D eigenvalue weighted by atomic mass is 10.0. The summed E-state index contributed by atoms with van der Waals surface area (Å²) in [7, 11) is 0. The first-order valence-electron chi connectivity index (χ1n) is 8.34. The molecule has 24 heavy (non-hydrogen) atoms. The van der Waals surface area contributed by atoms with Crippen LogP contribution in [0.5, 0.6) is 0 Å². The minimum atomic E-state index is -0.162. The number of fused-ring (bicyclic) bond motifs is 1. The van der Waals surface area contributed by atoms with Crippen molar-refractivity contribution in [2.45, 2.75) is 40.3 Å². The highest BCUT2D eigenvalue weighted by Crippen LogP contribution is 2.21. The van der Waals surface area contributed by atoms with Crippen LogP contribution in [0.15, 0.2) is 42.5 Å². The second-order valence-electron chi connectivity index (χ2n) is 6.22. The summed E-state index contributed by atoms with van der Waals surface area (Å²) in [6, 6.07) is 13.8. The molecule has 3 aromatic rings. The highest BCUT2D eigenvalue weighted by atomic mass is 16.1. The molecular formula is C20H23N3O. The molecule has 1 aromatic heterocycles. The molecule has 1 amide bonds. The fraction of sp³-hybridized carbons (Fsp3) is 0.300. The smallest absolute Gasteiger partial charge is 0.252 e. The van der Waals surface area contributed by atoms with Crippen molar-refractivity contribution in [3.05, 3.63) is 65.0 Å². The van der Waals surface area contributed by atoms with Crippen LogP contribution >= 0.6 is 0 Å². The van der Waals surface area contributed by atoms with Crippen molar-refractivity contribution >= 4 is 16.9 Å². The third kappa shape index (κ3) is 2.92. The summed E-state index contributed by atoms with van der Waals surface area (Å²) >= 11 is 0. The number of para-hydroxylation sites is 2. The number of hydrogen-bond acceptors (Lipinski definition) is 2. The number of hydrogen-bond donors (Lipinski definition) is 1. The first kappa shape index (κ1) is 16.2. The molecule has 0 saturated heterocycles. The van der Waals surface area contributed by atoms with Gasteiger partial charge >= 0.3 is 0 Å². The van der Waals surface area contributed by atoms with E-state index < -0.39 is 0 Å². The Kier molecular flexibility index (Phi) is 4.38. The third-order valence-corrected chi connectivity index (χ3v) is 4.36. The van der Waals surface area contributed by atoms with Crippen LogP contribution in [0.25, 0.3) is 11.0 Å². The van der Waals surface area contributed by atoms with E-state index in [1.54, 1.807) is 0 Å². The second-order valence-corrected chi connectivity index (χ2v) is 6.22. The summed E-state index contributed by atoms with van der Waals surface area (Å²) in [5.74, 6) is 0.825. The SMILES string of the molecule is CCn1c(C(C)NC(=O)c2ccc(C)cc2C)nc2ccccc21. The van der Waals surface area contributed by atoms with Crippen LogP contribution in [0.1, 0.15) is 47.2 Å². The van der Waals surface area contributed by atoms with Crippen LogP contribution in [0, 0.1) is 13.8 Å². The number of carbonyl (C=O) groups is 1. The monoisotopic (exact) mass is 321 g/mol. The van der Waals surface area contributed by atoms with Crippen LogP contribution in [-0.4, -0.2) is 15.5 Å². The van der Waals surface area contributed by atoms with Gasteiger partial charge in [-0.15, -0.1) is 0 Å². The van der Waals surface area contributed by atoms with Gasteiger partial charge in [0.05, 0.1) is 17.1 Å². The molecule has 1 atom stereocenters. The molecule has 1 unspecified atom stereocenters. The predicted molar refractivity (Wildman–Crippen MR) is 97.2 cm³/mol. The largest absolute Gasteiger partial charge is 0.342 e. The summed E-state index contributed by atoms with van der Waals surface area (Å²) in [5, 5.41) is 3.09. The van der Waals surface area contributed by atoms with Crippen molar-refractivity contribution < 1.29 is 4.79 Å². The molecule has 124 valence electrons. The number of aromatic nitrogens is 2. The zero-order valence-corrected chi connectivity index (χ0v) is 14.6. The third-order valence-electron chi connectivity index (χ3n) is 4.36. The molecule has 0 saturated carbocycles. The number of imidazole rings is 1. The zero-order chi connectivity index (χ0) is 17.3. The van der Waals surface area contributed by atoms with Gasteiger partial charge in [0, 0.05) is 12.1 Å². The Hall–Kier alpha value is -2.62. The predicted octanol–water partition coefficient (Wildman–Crippen LogP) is 4.16. The van der Waals surface area contributed by atoms with Gasteiger partial charge in [-0.1, -0.05) is 29.8 Å². The standard InChI is InChI=1S/C20H23N3O/c1-5-23-18-9-7-6-8-17(18)22-19(23)15(4)21-20(24)16-11-10-13(2)12-14(16)3/h6-12,15H,5H2,1-4H3,(H,21,24). The lowest BCUT2D eigenvalue weighted by Crippen LogP contribution is -2.29. The fourth-order valence-corrected chi connectivity index (χ4v) is 3.16. The van der Waals surface area contributed by atoms with Gasteiger partial charge in [-0.05, 0) is 51.5 Å². The van der Waals surface area contributed by atoms with E-state index in [4.69, 9.17) is 4.98 Å². The van der Waals surface area contributed by atoms with Gasteiger partial charge in [0.25, 0.3) is 5.91 Å². The highest BCUT2D eigenvalue weighted by Gasteiger charge is 2.19. The number of nitrogens with zero attached hydrogens (tertiary/aromatic N) is 2. The van der Waals surface area contributed by atoms with Crippen molar-refractivity contribution in [2.75, 3.05) is 0 Å². The van der Waals surface area contributed by atoms with Crippen molar-refractivity contribution in [2.24, 2.45) is 0 Å². The van der Waals surface area contributed by atoms with E-state index in [-0.39, 0.29) is 11.9 Å². The molecule has 0 aliphatic rings. The van der Waals surface area contributed by atoms with E-state index in [0.29, 0.717) is 5.56 Å². The Morgan fingerprint density at radius 3 is 2.67 bits per heavy atom. The van der Waals surface area contributed by atoms with Crippen LogP contribution in [0.4, 0.5) is 0 Å². The maximum atomic E-state index is 12.6. The maximum Gasteiger partial charge on any atom is 0.252 e. The molecule has 0 spiro atoms. The van der Waals surface area contributed by atoms with Crippen molar-refractivity contribution in [3.8, 4) is 0 Å². The van der Waals surface area contributed by atoms with Gasteiger partial charge < -0.3 is 9.88 Å². The normalized spacial score (nSPS) is 12.3. The average Bonchev–Trinajstić information content (AvgIpc) is 2.93. The van der Waals surface area contributed by atoms with E-state index in [1.807, 2.05) is 57.2 Å². The second kappa shape index (κ2) is 6.48. The summed E-state index contributed by atoms with van der Waals surface area (Å²) in [5.41, 5.74) is 4.92. The molecule has 2 aromatic carbocycles. The van der Waals surface area contributed by atoms with Crippen LogP contribution < -0.4 is 5.32 Å². The first-order valence-corrected chi connectivity index (χ1v) is 8.34. The number of benzene rings is 2. The van der Waals surface area contributed by atoms with E-state index in [9.17, 15) is 4.79 Å². The van der Waals surface area contributed by atoms with Crippen molar-refractivity contribution in [3.63, 3.8) is 0 Å².